The van der Waals surface area contributed by atoms with Crippen molar-refractivity contribution in [1.82, 2.24) is 0 Å². The number of carboxylic acid groups (broad SMARTS) is 1. The predicted octanol–water partition coefficient (Wildman–Crippen LogP) is 1.08. The summed E-state index contributed by atoms with van der Waals surface area (Å²) in [6.45, 7) is 4.40. The van der Waals surface area contributed by atoms with E-state index in [-0.39, 0.29) is 36.0 Å². The third-order valence-electron chi connectivity index (χ3n) is 3.80. The van der Waals surface area contributed by atoms with E-state index in [0.29, 0.717) is 5.92 Å². The Morgan fingerprint density at radius 1 is 0.895 bits per heavy atom. The van der Waals surface area contributed by atoms with Gasteiger partial charge in [-0.05, 0) is 18.8 Å². The van der Waals surface area contributed by atoms with E-state index in [4.69, 9.17) is 0 Å². The van der Waals surface area contributed by atoms with Crippen LogP contribution in [0.3, 0.4) is 0 Å². The largest absolute Gasteiger partial charge is 1.00 e. The van der Waals surface area contributed by atoms with Crippen molar-refractivity contribution in [2.75, 3.05) is 0 Å². The van der Waals surface area contributed by atoms with E-state index in [1.165, 1.54) is 57.8 Å². The molecule has 0 aromatic rings. The summed E-state index contributed by atoms with van der Waals surface area (Å²) in [5, 5.41) is 10.4. The van der Waals surface area contributed by atoms with Crippen LogP contribution in [0.15, 0.2) is 0 Å². The van der Waals surface area contributed by atoms with Gasteiger partial charge in [0.05, 0.1) is 0 Å². The molecule has 19 heavy (non-hydrogen) atoms. The van der Waals surface area contributed by atoms with Crippen LogP contribution in [-0.2, 0) is 4.79 Å². The van der Waals surface area contributed by atoms with Crippen molar-refractivity contribution in [3.8, 4) is 0 Å². The molecule has 0 spiro atoms. The van der Waals surface area contributed by atoms with Gasteiger partial charge < -0.3 is 9.90 Å². The summed E-state index contributed by atoms with van der Waals surface area (Å²) in [6.07, 6.45) is 14.1. The van der Waals surface area contributed by atoms with Crippen LogP contribution in [0.4, 0.5) is 0 Å². The van der Waals surface area contributed by atoms with Gasteiger partial charge in [0.15, 0.2) is 0 Å². The zero-order valence-electron chi connectivity index (χ0n) is 13.4. The molecule has 0 saturated carbocycles. The average molecular weight is 278 g/mol. The van der Waals surface area contributed by atoms with Gasteiger partial charge in [0.1, 0.15) is 0 Å². The summed E-state index contributed by atoms with van der Waals surface area (Å²) in [7, 11) is 0. The number of rotatable bonds is 13. The minimum atomic E-state index is -0.899. The second-order valence-corrected chi connectivity index (χ2v) is 5.45. The Balaban J connectivity index is 0. The van der Waals surface area contributed by atoms with E-state index in [2.05, 4.69) is 13.8 Å². The fraction of sp³-hybridized carbons (Fsp3) is 0.938. The second-order valence-electron chi connectivity index (χ2n) is 5.45. The first-order valence-corrected chi connectivity index (χ1v) is 7.90. The van der Waals surface area contributed by atoms with Crippen LogP contribution in [0.2, 0.25) is 0 Å². The molecular formula is C16H31NaO2. The summed E-state index contributed by atoms with van der Waals surface area (Å²) in [4.78, 5) is 10.4. The number of hydrogen-bond donors (Lipinski definition) is 0. The van der Waals surface area contributed by atoms with Crippen LogP contribution in [0.1, 0.15) is 90.9 Å². The van der Waals surface area contributed by atoms with Crippen LogP contribution >= 0.6 is 0 Å². The molecule has 3 heteroatoms. The van der Waals surface area contributed by atoms with Crippen LogP contribution < -0.4 is 34.7 Å². The number of unbranched alkanes of at least 4 members (excludes halogenated alkanes) is 7. The molecule has 0 aliphatic carbocycles. The van der Waals surface area contributed by atoms with Gasteiger partial charge >= 0.3 is 29.6 Å². The molecule has 0 aliphatic heterocycles. The molecule has 0 rings (SSSR count). The van der Waals surface area contributed by atoms with Crippen molar-refractivity contribution in [2.24, 2.45) is 5.92 Å². The summed E-state index contributed by atoms with van der Waals surface area (Å²) in [5.41, 5.74) is 0. The van der Waals surface area contributed by atoms with Gasteiger partial charge in [0.25, 0.3) is 0 Å². The first kappa shape index (κ1) is 21.8. The molecule has 0 fully saturated rings. The van der Waals surface area contributed by atoms with Gasteiger partial charge in [0.2, 0.25) is 0 Å². The monoisotopic (exact) mass is 278 g/mol. The number of hydrogen-bond acceptors (Lipinski definition) is 2. The van der Waals surface area contributed by atoms with Gasteiger partial charge in [0, 0.05) is 5.97 Å². The zero-order valence-corrected chi connectivity index (χ0v) is 15.4. The number of carboxylic acids is 1. The number of carbonyl (C=O) groups is 1. The van der Waals surface area contributed by atoms with Crippen molar-refractivity contribution in [3.05, 3.63) is 0 Å². The molecule has 0 aromatic carbocycles. The third-order valence-corrected chi connectivity index (χ3v) is 3.80. The van der Waals surface area contributed by atoms with Crippen molar-refractivity contribution < 1.29 is 39.5 Å². The quantitative estimate of drug-likeness (QED) is 0.373. The summed E-state index contributed by atoms with van der Waals surface area (Å²) in [5.74, 6) is -0.313. The molecule has 1 unspecified atom stereocenters. The minimum absolute atomic E-state index is 0. The van der Waals surface area contributed by atoms with Crippen LogP contribution in [-0.4, -0.2) is 5.97 Å². The van der Waals surface area contributed by atoms with Crippen LogP contribution in [0, 0.1) is 5.92 Å². The Kier molecular flexibility index (Phi) is 18.9. The summed E-state index contributed by atoms with van der Waals surface area (Å²) < 4.78 is 0. The summed E-state index contributed by atoms with van der Waals surface area (Å²) in [6, 6.07) is 0. The van der Waals surface area contributed by atoms with E-state index in [9.17, 15) is 9.90 Å². The van der Waals surface area contributed by atoms with Crippen molar-refractivity contribution in [2.45, 2.75) is 90.9 Å². The molecule has 0 aliphatic rings. The zero-order chi connectivity index (χ0) is 13.6. The van der Waals surface area contributed by atoms with Gasteiger partial charge in [-0.1, -0.05) is 78.1 Å². The standard InChI is InChI=1S/C16H32O2.Na/c1-3-5-6-7-8-9-10-11-12-15(4-2)13-14-16(17)18;/h15H,3-14H2,1-2H3,(H,17,18);/q;+1/p-1. The Morgan fingerprint density at radius 3 is 1.89 bits per heavy atom. The predicted molar refractivity (Wildman–Crippen MR) is 75.2 cm³/mol. The molecule has 0 radical (unpaired) electrons. The van der Waals surface area contributed by atoms with Crippen molar-refractivity contribution in [3.63, 3.8) is 0 Å². The first-order valence-electron chi connectivity index (χ1n) is 7.90. The van der Waals surface area contributed by atoms with Gasteiger partial charge in [-0.25, -0.2) is 0 Å². The van der Waals surface area contributed by atoms with Crippen LogP contribution in [0.25, 0.3) is 0 Å². The molecule has 1 atom stereocenters. The topological polar surface area (TPSA) is 40.1 Å². The Bertz CT molecular complexity index is 195. The van der Waals surface area contributed by atoms with Gasteiger partial charge in [-0.3, -0.25) is 0 Å². The maximum atomic E-state index is 10.4. The SMILES string of the molecule is CCCCCCCCCCC(CC)CCC(=O)[O-].[Na+]. The van der Waals surface area contributed by atoms with Crippen molar-refractivity contribution >= 4 is 5.97 Å². The molecule has 0 heterocycles. The van der Waals surface area contributed by atoms with Gasteiger partial charge in [-0.15, -0.1) is 0 Å². The minimum Gasteiger partial charge on any atom is -0.550 e. The normalized spacial score (nSPS) is 11.9. The molecule has 108 valence electrons. The molecule has 0 aromatic heterocycles. The van der Waals surface area contributed by atoms with E-state index < -0.39 is 5.97 Å². The average Bonchev–Trinajstić information content (AvgIpc) is 2.36. The fourth-order valence-electron chi connectivity index (χ4n) is 2.44. The number of carbonyl (C=O) groups excluding carboxylic acids is 1. The fourth-order valence-corrected chi connectivity index (χ4v) is 2.44. The maximum absolute atomic E-state index is 10.4. The third kappa shape index (κ3) is 16.4. The van der Waals surface area contributed by atoms with Crippen LogP contribution in [0.5, 0.6) is 0 Å². The second kappa shape index (κ2) is 16.5. The first-order chi connectivity index (χ1) is 8.70. The maximum Gasteiger partial charge on any atom is 1.00 e. The molecule has 0 bridgehead atoms. The van der Waals surface area contributed by atoms with Crippen molar-refractivity contribution in [1.29, 1.82) is 0 Å². The Hall–Kier alpha value is 0.470. The van der Waals surface area contributed by atoms with Gasteiger partial charge in [-0.2, -0.15) is 0 Å². The molecule has 0 amide bonds. The molecular weight excluding hydrogens is 247 g/mol. The Labute approximate surface area is 142 Å². The van der Waals surface area contributed by atoms with E-state index >= 15 is 0 Å². The van der Waals surface area contributed by atoms with E-state index in [1.807, 2.05) is 0 Å². The number of aliphatic carboxylic acids is 1. The summed E-state index contributed by atoms with van der Waals surface area (Å²) >= 11 is 0. The molecule has 0 N–H and O–H groups in total. The van der Waals surface area contributed by atoms with E-state index in [0.717, 1.165) is 12.8 Å². The Morgan fingerprint density at radius 2 is 1.42 bits per heavy atom. The molecule has 0 saturated heterocycles. The smallest absolute Gasteiger partial charge is 0.550 e. The molecule has 2 nitrogen and oxygen atoms in total. The van der Waals surface area contributed by atoms with E-state index in [1.54, 1.807) is 0 Å².